The lowest BCUT2D eigenvalue weighted by Crippen LogP contribution is -2.70. The third-order valence-electron chi connectivity index (χ3n) is 4.96. The summed E-state index contributed by atoms with van der Waals surface area (Å²) in [6, 6.07) is 5.53. The summed E-state index contributed by atoms with van der Waals surface area (Å²) in [5, 5.41) is 0. The van der Waals surface area contributed by atoms with Gasteiger partial charge in [-0.2, -0.15) is 8.42 Å². The normalized spacial score (nSPS) is 25.2. The largest absolute Gasteiger partial charge is 0.463 e. The summed E-state index contributed by atoms with van der Waals surface area (Å²) in [6.07, 6.45) is -6.78. The van der Waals surface area contributed by atoms with Gasteiger partial charge in [0.15, 0.2) is 12.2 Å². The molecule has 1 aliphatic heterocycles. The highest BCUT2D eigenvalue weighted by Gasteiger charge is 2.64. The molecule has 0 saturated carbocycles. The minimum Gasteiger partial charge on any atom is -0.463 e. The molecular formula is C23H31NO13S. The van der Waals surface area contributed by atoms with Gasteiger partial charge >= 0.3 is 40.0 Å². The molecule has 1 saturated heterocycles. The highest BCUT2D eigenvalue weighted by atomic mass is 32.2. The van der Waals surface area contributed by atoms with E-state index in [1.807, 2.05) is 0 Å². The Morgan fingerprint density at radius 1 is 0.895 bits per heavy atom. The van der Waals surface area contributed by atoms with Gasteiger partial charge in [-0.15, -0.1) is 0 Å². The lowest BCUT2D eigenvalue weighted by Gasteiger charge is -2.49. The van der Waals surface area contributed by atoms with E-state index in [4.69, 9.17) is 38.3 Å². The van der Waals surface area contributed by atoms with Crippen LogP contribution in [0.4, 0.5) is 0 Å². The van der Waals surface area contributed by atoms with Gasteiger partial charge in [-0.1, -0.05) is 17.7 Å². The molecule has 1 heterocycles. The molecule has 5 atom stereocenters. The fraction of sp³-hybridized carbons (Fsp3) is 0.565. The monoisotopic (exact) mass is 561 g/mol. The van der Waals surface area contributed by atoms with E-state index >= 15 is 0 Å². The number of nitrogens with two attached hydrogens (primary N) is 1. The van der Waals surface area contributed by atoms with Crippen LogP contribution >= 0.6 is 0 Å². The Hall–Kier alpha value is -3.11. The molecule has 1 aromatic carbocycles. The van der Waals surface area contributed by atoms with Crippen molar-refractivity contribution in [2.75, 3.05) is 19.8 Å². The van der Waals surface area contributed by atoms with E-state index in [-0.39, 0.29) is 11.4 Å². The van der Waals surface area contributed by atoms with Crippen molar-refractivity contribution in [2.24, 2.45) is 5.73 Å². The van der Waals surface area contributed by atoms with Crippen molar-refractivity contribution in [1.82, 2.24) is 0 Å². The molecule has 0 aromatic heterocycles. The molecule has 2 rings (SSSR count). The van der Waals surface area contributed by atoms with Gasteiger partial charge in [0.2, 0.25) is 6.10 Å². The number of esters is 4. The van der Waals surface area contributed by atoms with Gasteiger partial charge in [0.25, 0.3) is 0 Å². The van der Waals surface area contributed by atoms with Crippen LogP contribution in [0.15, 0.2) is 29.2 Å². The zero-order valence-electron chi connectivity index (χ0n) is 21.5. The van der Waals surface area contributed by atoms with Crippen molar-refractivity contribution in [2.45, 2.75) is 69.9 Å². The van der Waals surface area contributed by atoms with E-state index in [0.717, 1.165) is 33.3 Å². The smallest absolute Gasteiger partial charge is 0.341 e. The topological polar surface area (TPSA) is 193 Å². The number of carbonyl (C=O) groups excluding carboxylic acids is 4. The summed E-state index contributed by atoms with van der Waals surface area (Å²) in [6.45, 7) is 4.67. The second kappa shape index (κ2) is 13.1. The second-order valence-electron chi connectivity index (χ2n) is 8.23. The SMILES string of the molecule is CC(=O)OC[C@H]1O[C@](OCCN)(OS(=O)(=O)c2ccc(C)cc2)[C@H](OC(C)=O)[C@@H](OC(C)=O)[C@@H]1OC(C)=O. The first kappa shape index (κ1) is 31.1. The van der Waals surface area contributed by atoms with E-state index in [2.05, 4.69) is 0 Å². The molecule has 212 valence electrons. The molecule has 0 aliphatic carbocycles. The molecule has 0 spiro atoms. The first-order chi connectivity index (χ1) is 17.7. The summed E-state index contributed by atoms with van der Waals surface area (Å²) in [4.78, 5) is 47.3. The Balaban J connectivity index is 2.74. The van der Waals surface area contributed by atoms with Gasteiger partial charge in [-0.3, -0.25) is 19.2 Å². The van der Waals surface area contributed by atoms with Gasteiger partial charge in [0.05, 0.1) is 11.5 Å². The Bertz CT molecular complexity index is 1120. The number of hydrogen-bond acceptors (Lipinski definition) is 14. The summed E-state index contributed by atoms with van der Waals surface area (Å²) in [5.41, 5.74) is 6.32. The van der Waals surface area contributed by atoms with Crippen molar-refractivity contribution in [3.63, 3.8) is 0 Å². The third-order valence-corrected chi connectivity index (χ3v) is 6.26. The fourth-order valence-electron chi connectivity index (χ4n) is 3.55. The molecule has 1 fully saturated rings. The van der Waals surface area contributed by atoms with Gasteiger partial charge in [-0.05, 0) is 19.1 Å². The number of aryl methyl sites for hydroxylation is 1. The molecule has 15 heteroatoms. The summed E-state index contributed by atoms with van der Waals surface area (Å²) >= 11 is 0. The number of ether oxygens (including phenoxy) is 6. The zero-order valence-corrected chi connectivity index (χ0v) is 22.3. The summed E-state index contributed by atoms with van der Waals surface area (Å²) < 4.78 is 64.5. The number of benzene rings is 1. The maximum Gasteiger partial charge on any atom is 0.341 e. The minimum absolute atomic E-state index is 0.175. The first-order valence-corrected chi connectivity index (χ1v) is 12.8. The van der Waals surface area contributed by atoms with Crippen LogP contribution in [0.2, 0.25) is 0 Å². The fourth-order valence-corrected chi connectivity index (χ4v) is 4.60. The highest BCUT2D eigenvalue weighted by Crippen LogP contribution is 2.40. The Morgan fingerprint density at radius 3 is 1.95 bits per heavy atom. The van der Waals surface area contributed by atoms with E-state index in [1.54, 1.807) is 6.92 Å². The third kappa shape index (κ3) is 8.19. The van der Waals surface area contributed by atoms with Gasteiger partial charge in [0.1, 0.15) is 12.7 Å². The van der Waals surface area contributed by atoms with Crippen LogP contribution in [0.5, 0.6) is 0 Å². The van der Waals surface area contributed by atoms with Crippen LogP contribution in [0.25, 0.3) is 0 Å². The van der Waals surface area contributed by atoms with E-state index in [9.17, 15) is 27.6 Å². The van der Waals surface area contributed by atoms with Crippen LogP contribution in [-0.2, 0) is 61.9 Å². The summed E-state index contributed by atoms with van der Waals surface area (Å²) in [5.74, 6) is -6.35. The van der Waals surface area contributed by atoms with Gasteiger partial charge in [-0.25, -0.2) is 4.18 Å². The predicted molar refractivity (Wildman–Crippen MR) is 125 cm³/mol. The molecule has 38 heavy (non-hydrogen) atoms. The highest BCUT2D eigenvalue weighted by molar-refractivity contribution is 7.86. The molecule has 0 bridgehead atoms. The Labute approximate surface area is 219 Å². The average Bonchev–Trinajstić information content (AvgIpc) is 2.80. The molecule has 0 radical (unpaired) electrons. The number of hydrogen-bond donors (Lipinski definition) is 1. The number of rotatable bonds is 11. The second-order valence-corrected chi connectivity index (χ2v) is 9.77. The van der Waals surface area contributed by atoms with Crippen molar-refractivity contribution < 1.29 is 60.2 Å². The molecule has 0 unspecified atom stereocenters. The lowest BCUT2D eigenvalue weighted by atomic mass is 9.96. The van der Waals surface area contributed by atoms with Crippen LogP contribution in [0.3, 0.4) is 0 Å². The number of carbonyl (C=O) groups is 4. The van der Waals surface area contributed by atoms with Crippen molar-refractivity contribution >= 4 is 34.0 Å². The standard InChI is InChI=1S/C23H31NO13S/c1-13-6-8-18(9-7-13)38(29,30)37-23(32-11-10-24)22(35-17(5)28)21(34-16(4)27)20(33-15(3)26)19(36-23)12-31-14(2)25/h6-9,19-22H,10-12,24H2,1-5H3/t19-,20-,21+,22-,23+/m1/s1. The van der Waals surface area contributed by atoms with Crippen LogP contribution in [-0.4, -0.2) is 82.4 Å². The van der Waals surface area contributed by atoms with Crippen LogP contribution < -0.4 is 5.73 Å². The maximum absolute atomic E-state index is 13.3. The van der Waals surface area contributed by atoms with Crippen molar-refractivity contribution in [3.05, 3.63) is 29.8 Å². The van der Waals surface area contributed by atoms with Crippen molar-refractivity contribution in [3.8, 4) is 0 Å². The molecule has 1 aromatic rings. The zero-order chi connectivity index (χ0) is 28.7. The molecule has 2 N–H and O–H groups in total. The Morgan fingerprint density at radius 2 is 1.45 bits per heavy atom. The molecular weight excluding hydrogens is 530 g/mol. The average molecular weight is 562 g/mol. The lowest BCUT2D eigenvalue weighted by molar-refractivity contribution is -0.434. The van der Waals surface area contributed by atoms with E-state index in [0.29, 0.717) is 0 Å². The van der Waals surface area contributed by atoms with E-state index in [1.165, 1.54) is 24.3 Å². The molecule has 0 amide bonds. The molecule has 1 aliphatic rings. The maximum atomic E-state index is 13.3. The first-order valence-electron chi connectivity index (χ1n) is 11.4. The van der Waals surface area contributed by atoms with Crippen molar-refractivity contribution in [1.29, 1.82) is 0 Å². The minimum atomic E-state index is -4.72. The predicted octanol–water partition coefficient (Wildman–Crippen LogP) is 0.0864. The van der Waals surface area contributed by atoms with Gasteiger partial charge in [0, 0.05) is 34.2 Å². The quantitative estimate of drug-likeness (QED) is 0.165. The summed E-state index contributed by atoms with van der Waals surface area (Å²) in [7, 11) is -4.72. The van der Waals surface area contributed by atoms with Gasteiger partial charge < -0.3 is 34.2 Å². The van der Waals surface area contributed by atoms with Crippen LogP contribution in [0, 0.1) is 6.92 Å². The molecule has 14 nitrogen and oxygen atoms in total. The van der Waals surface area contributed by atoms with Crippen LogP contribution in [0.1, 0.15) is 33.3 Å². The Kier molecular flexibility index (Phi) is 10.7. The van der Waals surface area contributed by atoms with E-state index < -0.39 is 77.6 Å².